The van der Waals surface area contributed by atoms with Gasteiger partial charge in [-0.1, -0.05) is 6.07 Å². The zero-order valence-electron chi connectivity index (χ0n) is 10.5. The molecule has 2 aromatic heterocycles. The number of fused-ring (bicyclic) bond motifs is 1. The number of aryl methyl sites for hydroxylation is 2. The van der Waals surface area contributed by atoms with Crippen LogP contribution in [0.5, 0.6) is 0 Å². The SMILES string of the molecule is Cn1nccc1Cc1ccc2c(c1)nc(N)n2C. The van der Waals surface area contributed by atoms with Gasteiger partial charge in [-0.25, -0.2) is 4.98 Å². The van der Waals surface area contributed by atoms with E-state index in [2.05, 4.69) is 28.3 Å². The van der Waals surface area contributed by atoms with Crippen molar-refractivity contribution >= 4 is 17.0 Å². The molecule has 2 N–H and O–H groups in total. The van der Waals surface area contributed by atoms with Gasteiger partial charge in [-0.05, 0) is 23.8 Å². The summed E-state index contributed by atoms with van der Waals surface area (Å²) in [5.74, 6) is 0.544. The van der Waals surface area contributed by atoms with Gasteiger partial charge >= 0.3 is 0 Å². The number of hydrogen-bond donors (Lipinski definition) is 1. The molecule has 0 aliphatic rings. The van der Waals surface area contributed by atoms with E-state index in [9.17, 15) is 0 Å². The Kier molecular flexibility index (Phi) is 2.33. The van der Waals surface area contributed by atoms with E-state index in [1.807, 2.05) is 35.6 Å². The number of anilines is 1. The number of aromatic nitrogens is 4. The van der Waals surface area contributed by atoms with Crippen LogP contribution in [0.2, 0.25) is 0 Å². The molecule has 1 aromatic carbocycles. The Morgan fingerprint density at radius 1 is 1.22 bits per heavy atom. The fraction of sp³-hybridized carbons (Fsp3) is 0.231. The third-order valence-electron chi connectivity index (χ3n) is 3.29. The smallest absolute Gasteiger partial charge is 0.200 e. The van der Waals surface area contributed by atoms with Crippen LogP contribution in [0, 0.1) is 0 Å². The highest BCUT2D eigenvalue weighted by Gasteiger charge is 2.07. The number of benzene rings is 1. The molecular weight excluding hydrogens is 226 g/mol. The minimum Gasteiger partial charge on any atom is -0.369 e. The summed E-state index contributed by atoms with van der Waals surface area (Å²) < 4.78 is 3.78. The van der Waals surface area contributed by atoms with Crippen molar-refractivity contribution in [2.24, 2.45) is 14.1 Å². The van der Waals surface area contributed by atoms with E-state index in [1.54, 1.807) is 0 Å². The number of nitrogen functional groups attached to an aromatic ring is 1. The van der Waals surface area contributed by atoms with Gasteiger partial charge in [0.15, 0.2) is 0 Å². The number of rotatable bonds is 2. The Morgan fingerprint density at radius 3 is 2.78 bits per heavy atom. The highest BCUT2D eigenvalue weighted by molar-refractivity contribution is 5.79. The predicted octanol–water partition coefficient (Wildman–Crippen LogP) is 1.48. The summed E-state index contributed by atoms with van der Waals surface area (Å²) in [5.41, 5.74) is 10.2. The topological polar surface area (TPSA) is 61.7 Å². The van der Waals surface area contributed by atoms with Crippen molar-refractivity contribution in [3.8, 4) is 0 Å². The van der Waals surface area contributed by atoms with Gasteiger partial charge in [0.1, 0.15) is 0 Å². The molecule has 92 valence electrons. The lowest BCUT2D eigenvalue weighted by Gasteiger charge is -2.03. The summed E-state index contributed by atoms with van der Waals surface area (Å²) in [6, 6.07) is 8.27. The Balaban J connectivity index is 2.01. The second kappa shape index (κ2) is 3.87. The van der Waals surface area contributed by atoms with E-state index in [1.165, 1.54) is 11.3 Å². The zero-order chi connectivity index (χ0) is 12.7. The fourth-order valence-corrected chi connectivity index (χ4v) is 2.16. The maximum atomic E-state index is 5.80. The standard InChI is InChI=1S/C13H15N5/c1-17-12-4-3-9(8-11(12)16-13(17)14)7-10-5-6-15-18(10)2/h3-6,8H,7H2,1-2H3,(H2,14,16). The van der Waals surface area contributed by atoms with Crippen LogP contribution in [-0.4, -0.2) is 19.3 Å². The number of nitrogens with zero attached hydrogens (tertiary/aromatic N) is 4. The molecule has 0 fully saturated rings. The van der Waals surface area contributed by atoms with E-state index in [0.717, 1.165) is 17.5 Å². The van der Waals surface area contributed by atoms with E-state index in [0.29, 0.717) is 5.95 Å². The minimum atomic E-state index is 0.544. The van der Waals surface area contributed by atoms with Crippen molar-refractivity contribution in [2.75, 3.05) is 5.73 Å². The Labute approximate surface area is 105 Å². The van der Waals surface area contributed by atoms with Crippen molar-refractivity contribution in [3.05, 3.63) is 41.7 Å². The van der Waals surface area contributed by atoms with Crippen molar-refractivity contribution in [1.82, 2.24) is 19.3 Å². The van der Waals surface area contributed by atoms with E-state index in [4.69, 9.17) is 5.73 Å². The monoisotopic (exact) mass is 241 g/mol. The normalized spacial score (nSPS) is 11.2. The van der Waals surface area contributed by atoms with Crippen molar-refractivity contribution in [1.29, 1.82) is 0 Å². The van der Waals surface area contributed by atoms with E-state index >= 15 is 0 Å². The predicted molar refractivity (Wildman–Crippen MR) is 71.1 cm³/mol. The first-order chi connectivity index (χ1) is 8.65. The summed E-state index contributed by atoms with van der Waals surface area (Å²) in [6.45, 7) is 0. The van der Waals surface area contributed by atoms with Crippen LogP contribution >= 0.6 is 0 Å². The first-order valence-corrected chi connectivity index (χ1v) is 5.83. The molecule has 5 heteroatoms. The number of nitrogens with two attached hydrogens (primary N) is 1. The lowest BCUT2D eigenvalue weighted by molar-refractivity contribution is 0.724. The molecule has 0 bridgehead atoms. The van der Waals surface area contributed by atoms with Crippen LogP contribution in [0.1, 0.15) is 11.3 Å². The Hall–Kier alpha value is -2.30. The van der Waals surface area contributed by atoms with Crippen LogP contribution in [0.15, 0.2) is 30.5 Å². The molecule has 0 saturated heterocycles. The average Bonchev–Trinajstić information content (AvgIpc) is 2.86. The van der Waals surface area contributed by atoms with Gasteiger partial charge in [0, 0.05) is 32.4 Å². The maximum absolute atomic E-state index is 5.80. The summed E-state index contributed by atoms with van der Waals surface area (Å²) in [4.78, 5) is 4.34. The highest BCUT2D eigenvalue weighted by Crippen LogP contribution is 2.19. The molecule has 0 saturated carbocycles. The largest absolute Gasteiger partial charge is 0.369 e. The summed E-state index contributed by atoms with van der Waals surface area (Å²) in [7, 11) is 3.87. The summed E-state index contributed by atoms with van der Waals surface area (Å²) >= 11 is 0. The van der Waals surface area contributed by atoms with Gasteiger partial charge in [0.05, 0.1) is 11.0 Å². The quantitative estimate of drug-likeness (QED) is 0.739. The first-order valence-electron chi connectivity index (χ1n) is 5.83. The molecule has 0 radical (unpaired) electrons. The molecule has 0 aliphatic carbocycles. The van der Waals surface area contributed by atoms with E-state index < -0.39 is 0 Å². The number of imidazole rings is 1. The molecule has 18 heavy (non-hydrogen) atoms. The highest BCUT2D eigenvalue weighted by atomic mass is 15.2. The zero-order valence-corrected chi connectivity index (χ0v) is 10.5. The molecule has 3 rings (SSSR count). The van der Waals surface area contributed by atoms with Gasteiger partial charge in [-0.2, -0.15) is 5.10 Å². The second-order valence-electron chi connectivity index (χ2n) is 4.48. The molecule has 3 aromatic rings. The minimum absolute atomic E-state index is 0.544. The summed E-state index contributed by atoms with van der Waals surface area (Å²) in [5, 5.41) is 4.17. The van der Waals surface area contributed by atoms with Crippen molar-refractivity contribution < 1.29 is 0 Å². The van der Waals surface area contributed by atoms with E-state index in [-0.39, 0.29) is 0 Å². The third kappa shape index (κ3) is 1.64. The van der Waals surface area contributed by atoms with Gasteiger partial charge in [0.2, 0.25) is 5.95 Å². The Bertz CT molecular complexity index is 707. The molecule has 0 spiro atoms. The lowest BCUT2D eigenvalue weighted by Crippen LogP contribution is -1.99. The average molecular weight is 241 g/mol. The van der Waals surface area contributed by atoms with Crippen LogP contribution in [0.3, 0.4) is 0 Å². The number of hydrogen-bond acceptors (Lipinski definition) is 3. The third-order valence-corrected chi connectivity index (χ3v) is 3.29. The lowest BCUT2D eigenvalue weighted by atomic mass is 10.1. The van der Waals surface area contributed by atoms with Crippen LogP contribution < -0.4 is 5.73 Å². The first kappa shape index (κ1) is 10.8. The fourth-order valence-electron chi connectivity index (χ4n) is 2.16. The van der Waals surface area contributed by atoms with Crippen molar-refractivity contribution in [2.45, 2.75) is 6.42 Å². The Morgan fingerprint density at radius 2 is 2.06 bits per heavy atom. The summed E-state index contributed by atoms with van der Waals surface area (Å²) in [6.07, 6.45) is 2.66. The van der Waals surface area contributed by atoms with Gasteiger partial charge in [-0.3, -0.25) is 4.68 Å². The maximum Gasteiger partial charge on any atom is 0.200 e. The molecular formula is C13H15N5. The van der Waals surface area contributed by atoms with Crippen LogP contribution in [-0.2, 0) is 20.5 Å². The van der Waals surface area contributed by atoms with Gasteiger partial charge < -0.3 is 10.3 Å². The van der Waals surface area contributed by atoms with Crippen LogP contribution in [0.4, 0.5) is 5.95 Å². The molecule has 0 unspecified atom stereocenters. The molecule has 0 atom stereocenters. The molecule has 0 amide bonds. The van der Waals surface area contributed by atoms with Crippen molar-refractivity contribution in [3.63, 3.8) is 0 Å². The van der Waals surface area contributed by atoms with Gasteiger partial charge in [-0.15, -0.1) is 0 Å². The van der Waals surface area contributed by atoms with Crippen LogP contribution in [0.25, 0.3) is 11.0 Å². The second-order valence-corrected chi connectivity index (χ2v) is 4.48. The molecule has 5 nitrogen and oxygen atoms in total. The van der Waals surface area contributed by atoms with Gasteiger partial charge in [0.25, 0.3) is 0 Å². The molecule has 2 heterocycles. The molecule has 0 aliphatic heterocycles.